The molecule has 1 fully saturated rings. The average molecular weight is 298 g/mol. The van der Waals surface area contributed by atoms with E-state index in [1.54, 1.807) is 16.4 Å². The molecule has 1 aliphatic rings. The third kappa shape index (κ3) is 2.91. The Hall–Kier alpha value is -1.27. The van der Waals surface area contributed by atoms with E-state index in [0.29, 0.717) is 18.0 Å². The van der Waals surface area contributed by atoms with Crippen molar-refractivity contribution >= 4 is 15.7 Å². The van der Waals surface area contributed by atoms with Crippen molar-refractivity contribution in [2.45, 2.75) is 43.5 Å². The molecule has 6 heteroatoms. The highest BCUT2D eigenvalue weighted by atomic mass is 32.2. The molecule has 2 N–H and O–H groups in total. The first-order chi connectivity index (χ1) is 9.46. The van der Waals surface area contributed by atoms with Gasteiger partial charge < -0.3 is 10.5 Å². The molecule has 0 amide bonds. The Morgan fingerprint density at radius 3 is 2.70 bits per heavy atom. The summed E-state index contributed by atoms with van der Waals surface area (Å²) in [5.74, 6) is 0.493. The van der Waals surface area contributed by atoms with Crippen LogP contribution < -0.4 is 10.5 Å². The van der Waals surface area contributed by atoms with Crippen molar-refractivity contribution in [3.63, 3.8) is 0 Å². The zero-order valence-corrected chi connectivity index (χ0v) is 12.8. The maximum atomic E-state index is 12.7. The summed E-state index contributed by atoms with van der Waals surface area (Å²) in [4.78, 5) is 0.240. The lowest BCUT2D eigenvalue weighted by molar-refractivity contribution is 0.342. The minimum absolute atomic E-state index is 0.0332. The smallest absolute Gasteiger partial charge is 0.243 e. The third-order valence-electron chi connectivity index (χ3n) is 3.80. The monoisotopic (exact) mass is 298 g/mol. The van der Waals surface area contributed by atoms with Crippen LogP contribution in [0.15, 0.2) is 23.1 Å². The van der Waals surface area contributed by atoms with Gasteiger partial charge in [0.1, 0.15) is 5.75 Å². The number of benzene rings is 1. The van der Waals surface area contributed by atoms with Crippen molar-refractivity contribution in [3.8, 4) is 5.75 Å². The zero-order valence-electron chi connectivity index (χ0n) is 12.0. The molecule has 2 rings (SSSR count). The Bertz CT molecular complexity index is 572. The van der Waals surface area contributed by atoms with Crippen LogP contribution in [0.5, 0.6) is 5.75 Å². The van der Waals surface area contributed by atoms with E-state index in [1.807, 2.05) is 6.92 Å². The number of hydrogen-bond donors (Lipinski definition) is 1. The number of nitrogens with two attached hydrogens (primary N) is 1. The lowest BCUT2D eigenvalue weighted by Gasteiger charge is -2.26. The summed E-state index contributed by atoms with van der Waals surface area (Å²) in [7, 11) is -1.97. The van der Waals surface area contributed by atoms with Gasteiger partial charge in [0, 0.05) is 12.6 Å². The molecule has 1 heterocycles. The molecule has 1 aromatic rings. The Kier molecular flexibility index (Phi) is 4.55. The number of rotatable bonds is 3. The number of anilines is 1. The molecule has 0 saturated carbocycles. The van der Waals surface area contributed by atoms with Gasteiger partial charge >= 0.3 is 0 Å². The Morgan fingerprint density at radius 1 is 1.30 bits per heavy atom. The summed E-state index contributed by atoms with van der Waals surface area (Å²) in [6.07, 6.45) is 3.99. The van der Waals surface area contributed by atoms with Gasteiger partial charge in [-0.3, -0.25) is 0 Å². The summed E-state index contributed by atoms with van der Waals surface area (Å²) in [5.41, 5.74) is 6.16. The van der Waals surface area contributed by atoms with Crippen molar-refractivity contribution in [1.29, 1.82) is 0 Å². The first kappa shape index (κ1) is 15.1. The number of ether oxygens (including phenoxy) is 1. The normalized spacial score (nSPS) is 21.4. The van der Waals surface area contributed by atoms with Crippen molar-refractivity contribution < 1.29 is 13.2 Å². The van der Waals surface area contributed by atoms with Gasteiger partial charge in [-0.25, -0.2) is 8.42 Å². The predicted octanol–water partition coefficient (Wildman–Crippen LogP) is 2.23. The lowest BCUT2D eigenvalue weighted by Crippen LogP contribution is -2.38. The zero-order chi connectivity index (χ0) is 14.8. The van der Waals surface area contributed by atoms with E-state index in [0.717, 1.165) is 25.7 Å². The molecule has 20 heavy (non-hydrogen) atoms. The number of hydrogen-bond acceptors (Lipinski definition) is 4. The first-order valence-electron chi connectivity index (χ1n) is 6.92. The minimum atomic E-state index is -3.48. The largest absolute Gasteiger partial charge is 0.495 e. The van der Waals surface area contributed by atoms with E-state index in [2.05, 4.69) is 0 Å². The standard InChI is InChI=1S/C14H22N2O3S/c1-11-6-4-3-5-9-16(11)20(17,18)12-7-8-14(19-2)13(15)10-12/h7-8,10-11H,3-6,9,15H2,1-2H3. The highest BCUT2D eigenvalue weighted by molar-refractivity contribution is 7.89. The van der Waals surface area contributed by atoms with Gasteiger partial charge in [0.05, 0.1) is 17.7 Å². The average Bonchev–Trinajstić information content (AvgIpc) is 2.63. The molecule has 0 radical (unpaired) electrons. The molecule has 1 aromatic carbocycles. The van der Waals surface area contributed by atoms with Gasteiger partial charge in [-0.15, -0.1) is 0 Å². The molecule has 112 valence electrons. The Balaban J connectivity index is 2.36. The van der Waals surface area contributed by atoms with Crippen LogP contribution in [0.4, 0.5) is 5.69 Å². The maximum absolute atomic E-state index is 12.7. The van der Waals surface area contributed by atoms with E-state index in [1.165, 1.54) is 13.2 Å². The molecule has 1 aliphatic heterocycles. The van der Waals surface area contributed by atoms with Gasteiger partial charge in [0.15, 0.2) is 0 Å². The topological polar surface area (TPSA) is 72.6 Å². The number of methoxy groups -OCH3 is 1. The molecule has 1 saturated heterocycles. The van der Waals surface area contributed by atoms with Crippen molar-refractivity contribution in [1.82, 2.24) is 4.31 Å². The molecule has 0 aromatic heterocycles. The second-order valence-corrected chi connectivity index (χ2v) is 7.11. The van der Waals surface area contributed by atoms with Crippen LogP contribution >= 0.6 is 0 Å². The van der Waals surface area contributed by atoms with Crippen molar-refractivity contribution in [2.24, 2.45) is 0 Å². The van der Waals surface area contributed by atoms with Gasteiger partial charge in [0.2, 0.25) is 10.0 Å². The van der Waals surface area contributed by atoms with Crippen LogP contribution in [0, 0.1) is 0 Å². The van der Waals surface area contributed by atoms with Crippen LogP contribution in [0.3, 0.4) is 0 Å². The molecule has 0 aliphatic carbocycles. The molecule has 0 spiro atoms. The van der Waals surface area contributed by atoms with Crippen LogP contribution in [0.25, 0.3) is 0 Å². The molecular formula is C14H22N2O3S. The molecule has 1 atom stereocenters. The molecular weight excluding hydrogens is 276 g/mol. The van der Waals surface area contributed by atoms with Gasteiger partial charge in [-0.05, 0) is 38.0 Å². The fourth-order valence-electron chi connectivity index (χ4n) is 2.61. The van der Waals surface area contributed by atoms with Crippen LogP contribution in [0.2, 0.25) is 0 Å². The van der Waals surface area contributed by atoms with Crippen molar-refractivity contribution in [3.05, 3.63) is 18.2 Å². The lowest BCUT2D eigenvalue weighted by atomic mass is 10.1. The molecule has 0 bridgehead atoms. The Morgan fingerprint density at radius 2 is 2.05 bits per heavy atom. The quantitative estimate of drug-likeness (QED) is 0.869. The van der Waals surface area contributed by atoms with Gasteiger partial charge in [0.25, 0.3) is 0 Å². The summed E-state index contributed by atoms with van der Waals surface area (Å²) >= 11 is 0. The SMILES string of the molecule is COc1ccc(S(=O)(=O)N2CCCCCC2C)cc1N. The van der Waals surface area contributed by atoms with Gasteiger partial charge in [-0.2, -0.15) is 4.31 Å². The van der Waals surface area contributed by atoms with E-state index in [9.17, 15) is 8.42 Å². The first-order valence-corrected chi connectivity index (χ1v) is 8.36. The number of sulfonamides is 1. The summed E-state index contributed by atoms with van der Waals surface area (Å²) in [6, 6.07) is 4.67. The van der Waals surface area contributed by atoms with Crippen LogP contribution in [-0.2, 0) is 10.0 Å². The maximum Gasteiger partial charge on any atom is 0.243 e. The Labute approximate surface area is 120 Å². The third-order valence-corrected chi connectivity index (χ3v) is 5.81. The van der Waals surface area contributed by atoms with E-state index in [-0.39, 0.29) is 10.9 Å². The summed E-state index contributed by atoms with van der Waals surface area (Å²) in [5, 5.41) is 0. The van der Waals surface area contributed by atoms with Crippen LogP contribution in [0.1, 0.15) is 32.6 Å². The highest BCUT2D eigenvalue weighted by Crippen LogP contribution is 2.29. The number of nitrogen functional groups attached to an aromatic ring is 1. The van der Waals surface area contributed by atoms with Gasteiger partial charge in [-0.1, -0.05) is 12.8 Å². The molecule has 5 nitrogen and oxygen atoms in total. The number of nitrogens with zero attached hydrogens (tertiary/aromatic N) is 1. The van der Waals surface area contributed by atoms with E-state index < -0.39 is 10.0 Å². The van der Waals surface area contributed by atoms with Crippen molar-refractivity contribution in [2.75, 3.05) is 19.4 Å². The second kappa shape index (κ2) is 6.01. The fourth-order valence-corrected chi connectivity index (χ4v) is 4.35. The van der Waals surface area contributed by atoms with Crippen LogP contribution in [-0.4, -0.2) is 32.4 Å². The second-order valence-electron chi connectivity index (χ2n) is 5.22. The molecule has 1 unspecified atom stereocenters. The summed E-state index contributed by atoms with van der Waals surface area (Å²) in [6.45, 7) is 2.55. The highest BCUT2D eigenvalue weighted by Gasteiger charge is 2.30. The van der Waals surface area contributed by atoms with E-state index >= 15 is 0 Å². The minimum Gasteiger partial charge on any atom is -0.495 e. The van der Waals surface area contributed by atoms with E-state index in [4.69, 9.17) is 10.5 Å². The fraction of sp³-hybridized carbons (Fsp3) is 0.571. The summed E-state index contributed by atoms with van der Waals surface area (Å²) < 4.78 is 32.1. The predicted molar refractivity (Wildman–Crippen MR) is 79.2 cm³/mol.